The lowest BCUT2D eigenvalue weighted by atomic mass is 9.76. The number of aromatic nitrogens is 1. The van der Waals surface area contributed by atoms with E-state index in [0.29, 0.717) is 5.82 Å². The second-order valence-electron chi connectivity index (χ2n) is 9.81. The number of pyridine rings is 1. The highest BCUT2D eigenvalue weighted by atomic mass is 16.7. The van der Waals surface area contributed by atoms with E-state index in [1.165, 1.54) is 0 Å². The lowest BCUT2D eigenvalue weighted by Gasteiger charge is -2.32. The van der Waals surface area contributed by atoms with E-state index in [1.807, 2.05) is 78.8 Å². The summed E-state index contributed by atoms with van der Waals surface area (Å²) in [5, 5.41) is 4.64. The molecule has 3 rings (SSSR count). The summed E-state index contributed by atoms with van der Waals surface area (Å²) in [7, 11) is -0.628. The summed E-state index contributed by atoms with van der Waals surface area (Å²) in [5.41, 5.74) is 6.06. The minimum atomic E-state index is -0.628. The zero-order valence-electron chi connectivity index (χ0n) is 19.4. The molecule has 0 unspecified atom stereocenters. The quantitative estimate of drug-likeness (QED) is 0.707. The first-order valence-electron chi connectivity index (χ1n) is 10.5. The molecule has 8 heteroatoms. The maximum atomic E-state index is 12.3. The third-order valence-electron chi connectivity index (χ3n) is 5.59. The molecule has 1 aliphatic heterocycles. The molecule has 2 heterocycles. The third-order valence-corrected chi connectivity index (χ3v) is 5.59. The van der Waals surface area contributed by atoms with Crippen LogP contribution in [0.3, 0.4) is 0 Å². The molecule has 0 spiro atoms. The van der Waals surface area contributed by atoms with Crippen molar-refractivity contribution in [1.82, 2.24) is 10.3 Å². The topological polar surface area (TPSA) is 95.7 Å². The SMILES string of the molecule is CC(C)(C)OC(=O)NCC(=Cc1cnc(N)c2ccccc12)B1OC(C)(C)C(C)(C)O1. The zero-order chi connectivity index (χ0) is 23.0. The molecule has 0 atom stereocenters. The monoisotopic (exact) mass is 425 g/mol. The number of nitrogens with zero attached hydrogens (tertiary/aromatic N) is 1. The van der Waals surface area contributed by atoms with E-state index in [4.69, 9.17) is 19.8 Å². The van der Waals surface area contributed by atoms with E-state index in [1.54, 1.807) is 6.20 Å². The Morgan fingerprint density at radius 2 is 1.74 bits per heavy atom. The van der Waals surface area contributed by atoms with Crippen LogP contribution in [-0.2, 0) is 14.0 Å². The standard InChI is InChI=1S/C23H32BN3O4/c1-21(2,3)29-20(28)27-14-16(24-30-22(4,5)23(6,7)31-24)12-15-13-26-19(25)18-11-9-8-10-17(15)18/h8-13H,14H2,1-7H3,(H2,25,26)(H,27,28). The van der Waals surface area contributed by atoms with Crippen LogP contribution in [0.15, 0.2) is 35.9 Å². The number of fused-ring (bicyclic) bond motifs is 1. The molecule has 1 aromatic heterocycles. The Labute approximate surface area is 184 Å². The van der Waals surface area contributed by atoms with Crippen molar-refractivity contribution in [3.05, 3.63) is 41.5 Å². The fourth-order valence-corrected chi connectivity index (χ4v) is 3.24. The summed E-state index contributed by atoms with van der Waals surface area (Å²) in [6.45, 7) is 13.6. The predicted molar refractivity (Wildman–Crippen MR) is 124 cm³/mol. The number of nitrogen functional groups attached to an aromatic ring is 1. The van der Waals surface area contributed by atoms with Crippen LogP contribution < -0.4 is 11.1 Å². The average molecular weight is 425 g/mol. The fraction of sp³-hybridized carbons (Fsp3) is 0.478. The second-order valence-corrected chi connectivity index (χ2v) is 9.81. The van der Waals surface area contributed by atoms with E-state index in [2.05, 4.69) is 10.3 Å². The van der Waals surface area contributed by atoms with Gasteiger partial charge in [-0.2, -0.15) is 0 Å². The van der Waals surface area contributed by atoms with Gasteiger partial charge in [0.25, 0.3) is 0 Å². The fourth-order valence-electron chi connectivity index (χ4n) is 3.24. The number of rotatable bonds is 4. The number of ether oxygens (including phenoxy) is 1. The molecule has 7 nitrogen and oxygen atoms in total. The summed E-state index contributed by atoms with van der Waals surface area (Å²) in [6, 6.07) is 7.80. The summed E-state index contributed by atoms with van der Waals surface area (Å²) < 4.78 is 17.9. The molecule has 31 heavy (non-hydrogen) atoms. The van der Waals surface area contributed by atoms with Crippen LogP contribution in [0.25, 0.3) is 16.8 Å². The van der Waals surface area contributed by atoms with Crippen molar-refractivity contribution in [3.63, 3.8) is 0 Å². The molecule has 1 saturated heterocycles. The van der Waals surface area contributed by atoms with Crippen molar-refractivity contribution in [3.8, 4) is 0 Å². The first kappa shape index (κ1) is 23.1. The van der Waals surface area contributed by atoms with Gasteiger partial charge in [-0.25, -0.2) is 9.78 Å². The summed E-state index contributed by atoms with van der Waals surface area (Å²) in [6.07, 6.45) is 3.15. The van der Waals surface area contributed by atoms with Crippen LogP contribution in [0.2, 0.25) is 0 Å². The van der Waals surface area contributed by atoms with Crippen molar-refractivity contribution >= 4 is 35.9 Å². The highest BCUT2D eigenvalue weighted by Gasteiger charge is 2.52. The summed E-state index contributed by atoms with van der Waals surface area (Å²) in [5.74, 6) is 0.469. The maximum Gasteiger partial charge on any atom is 0.492 e. The van der Waals surface area contributed by atoms with E-state index >= 15 is 0 Å². The van der Waals surface area contributed by atoms with Crippen molar-refractivity contribution in [2.24, 2.45) is 0 Å². The van der Waals surface area contributed by atoms with Gasteiger partial charge in [0.15, 0.2) is 0 Å². The lowest BCUT2D eigenvalue weighted by molar-refractivity contribution is 0.00578. The Morgan fingerprint density at radius 3 is 2.32 bits per heavy atom. The number of benzene rings is 1. The molecular formula is C23H32BN3O4. The predicted octanol–water partition coefficient (Wildman–Crippen LogP) is 4.36. The Balaban J connectivity index is 1.97. The van der Waals surface area contributed by atoms with Crippen LogP contribution in [0.5, 0.6) is 0 Å². The average Bonchev–Trinajstić information content (AvgIpc) is 2.86. The van der Waals surface area contributed by atoms with Gasteiger partial charge in [0.2, 0.25) is 0 Å². The molecule has 1 amide bonds. The highest BCUT2D eigenvalue weighted by Crippen LogP contribution is 2.39. The van der Waals surface area contributed by atoms with Crippen LogP contribution in [0.4, 0.5) is 10.6 Å². The zero-order valence-corrected chi connectivity index (χ0v) is 19.4. The van der Waals surface area contributed by atoms with E-state index in [9.17, 15) is 4.79 Å². The van der Waals surface area contributed by atoms with Crippen molar-refractivity contribution in [1.29, 1.82) is 0 Å². The molecule has 166 valence electrons. The Hall–Kier alpha value is -2.58. The van der Waals surface area contributed by atoms with Crippen molar-refractivity contribution in [2.75, 3.05) is 12.3 Å². The van der Waals surface area contributed by atoms with Gasteiger partial charge in [0, 0.05) is 23.7 Å². The molecule has 1 aliphatic rings. The van der Waals surface area contributed by atoms with Gasteiger partial charge in [-0.15, -0.1) is 0 Å². The normalized spacial score (nSPS) is 18.3. The van der Waals surface area contributed by atoms with Gasteiger partial charge in [-0.1, -0.05) is 30.3 Å². The molecule has 1 fully saturated rings. The van der Waals surface area contributed by atoms with Gasteiger partial charge in [0.1, 0.15) is 11.4 Å². The second kappa shape index (κ2) is 8.17. The molecular weight excluding hydrogens is 393 g/mol. The van der Waals surface area contributed by atoms with Crippen molar-refractivity contribution in [2.45, 2.75) is 65.3 Å². The Morgan fingerprint density at radius 1 is 1.16 bits per heavy atom. The first-order chi connectivity index (χ1) is 14.3. The number of amides is 1. The molecule has 0 bridgehead atoms. The number of alkyl carbamates (subject to hydrolysis) is 1. The third kappa shape index (κ3) is 5.19. The first-order valence-corrected chi connectivity index (χ1v) is 10.5. The smallest absolute Gasteiger partial charge is 0.444 e. The summed E-state index contributed by atoms with van der Waals surface area (Å²) >= 11 is 0. The van der Waals surface area contributed by atoms with Gasteiger partial charge in [-0.3, -0.25) is 0 Å². The lowest BCUT2D eigenvalue weighted by Crippen LogP contribution is -2.41. The highest BCUT2D eigenvalue weighted by molar-refractivity contribution is 6.56. The maximum absolute atomic E-state index is 12.3. The molecule has 0 radical (unpaired) electrons. The summed E-state index contributed by atoms with van der Waals surface area (Å²) in [4.78, 5) is 16.6. The molecule has 0 aliphatic carbocycles. The van der Waals surface area contributed by atoms with Gasteiger partial charge < -0.3 is 25.1 Å². The van der Waals surface area contributed by atoms with Crippen molar-refractivity contribution < 1.29 is 18.8 Å². The molecule has 3 N–H and O–H groups in total. The minimum Gasteiger partial charge on any atom is -0.444 e. The van der Waals surface area contributed by atoms with Crippen LogP contribution >= 0.6 is 0 Å². The molecule has 1 aromatic carbocycles. The largest absolute Gasteiger partial charge is 0.492 e. The molecule has 0 saturated carbocycles. The van der Waals surface area contributed by atoms with E-state index in [-0.39, 0.29) is 6.54 Å². The number of nitrogens with one attached hydrogen (secondary N) is 1. The van der Waals surface area contributed by atoms with Gasteiger partial charge in [0.05, 0.1) is 11.2 Å². The number of hydrogen-bond donors (Lipinski definition) is 2. The minimum absolute atomic E-state index is 0.199. The Bertz CT molecular complexity index is 996. The van der Waals surface area contributed by atoms with Gasteiger partial charge in [-0.05, 0) is 59.3 Å². The van der Waals surface area contributed by atoms with Crippen LogP contribution in [-0.4, -0.2) is 41.5 Å². The van der Waals surface area contributed by atoms with Crippen LogP contribution in [0, 0.1) is 0 Å². The van der Waals surface area contributed by atoms with E-state index < -0.39 is 30.0 Å². The Kier molecular flexibility index (Phi) is 6.08. The van der Waals surface area contributed by atoms with Crippen LogP contribution in [0.1, 0.15) is 54.0 Å². The number of nitrogens with two attached hydrogens (primary N) is 1. The van der Waals surface area contributed by atoms with E-state index in [0.717, 1.165) is 21.8 Å². The number of anilines is 1. The number of carbonyl (C=O) groups is 1. The number of carbonyl (C=O) groups excluding carboxylic acids is 1. The number of hydrogen-bond acceptors (Lipinski definition) is 6. The molecule has 2 aromatic rings. The van der Waals surface area contributed by atoms with Gasteiger partial charge >= 0.3 is 13.2 Å².